The molecule has 24 heavy (non-hydrogen) atoms. The van der Waals surface area contributed by atoms with E-state index in [0.717, 1.165) is 24.5 Å². The molecule has 0 spiro atoms. The highest BCUT2D eigenvalue weighted by molar-refractivity contribution is 5.16. The van der Waals surface area contributed by atoms with E-state index >= 15 is 0 Å². The van der Waals surface area contributed by atoms with Crippen LogP contribution in [-0.4, -0.2) is 53.4 Å². The summed E-state index contributed by atoms with van der Waals surface area (Å²) in [6.07, 6.45) is 0. The molecule has 130 valence electrons. The van der Waals surface area contributed by atoms with Crippen LogP contribution in [0.3, 0.4) is 0 Å². The Hall–Kier alpha value is -1.86. The fourth-order valence-corrected chi connectivity index (χ4v) is 3.57. The lowest BCUT2D eigenvalue weighted by atomic mass is 10.0. The lowest BCUT2D eigenvalue weighted by molar-refractivity contribution is -1.02. The van der Waals surface area contributed by atoms with E-state index < -0.39 is 0 Å². The third-order valence-corrected chi connectivity index (χ3v) is 4.94. The van der Waals surface area contributed by atoms with Crippen molar-refractivity contribution in [1.82, 2.24) is 20.2 Å². The lowest BCUT2D eigenvalue weighted by Gasteiger charge is -2.34. The van der Waals surface area contributed by atoms with Crippen molar-refractivity contribution in [2.45, 2.75) is 26.4 Å². The monoisotopic (exact) mass is 334 g/mol. The van der Waals surface area contributed by atoms with Gasteiger partial charge in [-0.1, -0.05) is 26.0 Å². The van der Waals surface area contributed by atoms with Crippen molar-refractivity contribution in [3.05, 3.63) is 41.5 Å². The fourth-order valence-electron chi connectivity index (χ4n) is 3.57. The zero-order valence-corrected chi connectivity index (χ0v) is 14.7. The molecule has 1 fully saturated rings. The average Bonchev–Trinajstić information content (AvgIpc) is 2.99. The van der Waals surface area contributed by atoms with Gasteiger partial charge in [0.05, 0.1) is 13.6 Å². The molecule has 1 aliphatic rings. The lowest BCUT2D eigenvalue weighted by Crippen LogP contribution is -3.27. The van der Waals surface area contributed by atoms with Crippen molar-refractivity contribution >= 4 is 0 Å². The summed E-state index contributed by atoms with van der Waals surface area (Å²) >= 11 is 0. The first kappa shape index (κ1) is 17.0. The summed E-state index contributed by atoms with van der Waals surface area (Å²) in [5.74, 6) is 1.17. The second kappa shape index (κ2) is 7.36. The summed E-state index contributed by atoms with van der Waals surface area (Å²) in [5, 5.41) is 12.5. The number of aromatic nitrogens is 4. The standard InChI is InChI=1S/C17H25FN6/c1-13(2)16(23-10-8-22(3)9-11-23)17-19-20-21-24(17)12-14-4-6-15(18)7-5-14/h4-7,13,16H,8-12H2,1-3H3/p+2/t16-/m0/s1. The number of benzene rings is 1. The summed E-state index contributed by atoms with van der Waals surface area (Å²) < 4.78 is 15.0. The zero-order valence-electron chi connectivity index (χ0n) is 14.7. The molecule has 1 aromatic heterocycles. The van der Waals surface area contributed by atoms with Crippen LogP contribution in [0.25, 0.3) is 0 Å². The summed E-state index contributed by atoms with van der Waals surface area (Å²) in [5.41, 5.74) is 1.00. The van der Waals surface area contributed by atoms with E-state index in [2.05, 4.69) is 36.4 Å². The fraction of sp³-hybridized carbons (Fsp3) is 0.588. The van der Waals surface area contributed by atoms with Gasteiger partial charge >= 0.3 is 0 Å². The predicted molar refractivity (Wildman–Crippen MR) is 88.2 cm³/mol. The highest BCUT2D eigenvalue weighted by atomic mass is 19.1. The Bertz CT molecular complexity index is 645. The maximum Gasteiger partial charge on any atom is 0.209 e. The molecule has 0 bridgehead atoms. The molecule has 2 N–H and O–H groups in total. The predicted octanol–water partition coefficient (Wildman–Crippen LogP) is -1.03. The number of nitrogens with zero attached hydrogens (tertiary/aromatic N) is 4. The van der Waals surface area contributed by atoms with Crippen molar-refractivity contribution in [3.63, 3.8) is 0 Å². The Morgan fingerprint density at radius 2 is 1.79 bits per heavy atom. The number of piperazine rings is 1. The molecule has 2 heterocycles. The topological polar surface area (TPSA) is 52.5 Å². The van der Waals surface area contributed by atoms with Crippen molar-refractivity contribution in [2.24, 2.45) is 5.92 Å². The largest absolute Gasteiger partial charge is 0.328 e. The molecule has 0 amide bonds. The summed E-state index contributed by atoms with van der Waals surface area (Å²) in [6, 6.07) is 6.82. The number of hydrogen-bond acceptors (Lipinski definition) is 3. The molecule has 0 unspecified atom stereocenters. The molecule has 1 aliphatic heterocycles. The van der Waals surface area contributed by atoms with Crippen molar-refractivity contribution < 1.29 is 14.2 Å². The molecule has 7 heteroatoms. The van der Waals surface area contributed by atoms with Gasteiger partial charge in [-0.3, -0.25) is 0 Å². The van der Waals surface area contributed by atoms with E-state index in [4.69, 9.17) is 0 Å². The van der Waals surface area contributed by atoms with Gasteiger partial charge in [0.25, 0.3) is 0 Å². The minimum absolute atomic E-state index is 0.222. The van der Waals surface area contributed by atoms with E-state index in [1.165, 1.54) is 25.2 Å². The number of quaternary nitrogens is 2. The highest BCUT2D eigenvalue weighted by Gasteiger charge is 2.35. The first-order chi connectivity index (χ1) is 11.5. The second-order valence-electron chi connectivity index (χ2n) is 7.16. The summed E-state index contributed by atoms with van der Waals surface area (Å²) in [7, 11) is 2.25. The van der Waals surface area contributed by atoms with E-state index in [-0.39, 0.29) is 11.9 Å². The second-order valence-corrected chi connectivity index (χ2v) is 7.16. The SMILES string of the molecule is CC(C)[C@@H](c1nnnn1Cc1ccc(F)cc1)[NH+]1CC[NH+](C)CC1. The van der Waals surface area contributed by atoms with Gasteiger partial charge < -0.3 is 9.80 Å². The molecule has 1 saturated heterocycles. The van der Waals surface area contributed by atoms with Crippen LogP contribution < -0.4 is 9.80 Å². The van der Waals surface area contributed by atoms with Gasteiger partial charge in [-0.25, -0.2) is 9.07 Å². The van der Waals surface area contributed by atoms with Crippen LogP contribution in [0.5, 0.6) is 0 Å². The van der Waals surface area contributed by atoms with Gasteiger partial charge in [-0.15, -0.1) is 5.10 Å². The molecular formula is C17H27FN6+2. The van der Waals surface area contributed by atoms with E-state index in [0.29, 0.717) is 12.5 Å². The Kier molecular flexibility index (Phi) is 5.20. The van der Waals surface area contributed by atoms with Gasteiger partial charge in [0.15, 0.2) is 6.04 Å². The molecular weight excluding hydrogens is 307 g/mol. The molecule has 6 nitrogen and oxygen atoms in total. The number of rotatable bonds is 5. The molecule has 3 rings (SSSR count). The van der Waals surface area contributed by atoms with Crippen molar-refractivity contribution in [2.75, 3.05) is 33.2 Å². The van der Waals surface area contributed by atoms with Gasteiger partial charge in [0.2, 0.25) is 5.82 Å². The van der Waals surface area contributed by atoms with Crippen LogP contribution in [0, 0.1) is 11.7 Å². The number of nitrogens with one attached hydrogen (secondary N) is 2. The Balaban J connectivity index is 1.81. The minimum atomic E-state index is -0.222. The van der Waals surface area contributed by atoms with Gasteiger partial charge in [-0.2, -0.15) is 0 Å². The number of tetrazole rings is 1. The van der Waals surface area contributed by atoms with Crippen LogP contribution in [-0.2, 0) is 6.54 Å². The van der Waals surface area contributed by atoms with Crippen LogP contribution in [0.4, 0.5) is 4.39 Å². The normalized spacial score (nSPS) is 22.7. The quantitative estimate of drug-likeness (QED) is 0.735. The maximum atomic E-state index is 13.1. The molecule has 1 aromatic carbocycles. The van der Waals surface area contributed by atoms with Crippen LogP contribution in [0.2, 0.25) is 0 Å². The first-order valence-electron chi connectivity index (χ1n) is 8.71. The molecule has 2 aromatic rings. The van der Waals surface area contributed by atoms with Crippen molar-refractivity contribution in [1.29, 1.82) is 0 Å². The Morgan fingerprint density at radius 3 is 2.42 bits per heavy atom. The zero-order chi connectivity index (χ0) is 17.1. The molecule has 0 aliphatic carbocycles. The van der Waals surface area contributed by atoms with Crippen LogP contribution in [0.1, 0.15) is 31.3 Å². The van der Waals surface area contributed by atoms with E-state index in [9.17, 15) is 4.39 Å². The number of likely N-dealkylation sites (N-methyl/N-ethyl adjacent to an activating group) is 1. The first-order valence-corrected chi connectivity index (χ1v) is 8.71. The van der Waals surface area contributed by atoms with Gasteiger partial charge in [0.1, 0.15) is 32.0 Å². The third-order valence-electron chi connectivity index (χ3n) is 4.94. The van der Waals surface area contributed by atoms with E-state index in [1.54, 1.807) is 21.9 Å². The molecule has 0 saturated carbocycles. The molecule has 1 atom stereocenters. The number of halogens is 1. The van der Waals surface area contributed by atoms with Gasteiger partial charge in [-0.05, 0) is 28.1 Å². The summed E-state index contributed by atoms with van der Waals surface area (Å²) in [4.78, 5) is 3.15. The Morgan fingerprint density at radius 1 is 1.12 bits per heavy atom. The van der Waals surface area contributed by atoms with Crippen LogP contribution >= 0.6 is 0 Å². The van der Waals surface area contributed by atoms with E-state index in [1.807, 2.05) is 4.68 Å². The maximum absolute atomic E-state index is 13.1. The Labute approximate surface area is 142 Å². The van der Waals surface area contributed by atoms with Crippen LogP contribution in [0.15, 0.2) is 24.3 Å². The summed E-state index contributed by atoms with van der Waals surface area (Å²) in [6.45, 7) is 9.68. The van der Waals surface area contributed by atoms with Crippen molar-refractivity contribution in [3.8, 4) is 0 Å². The smallest absolute Gasteiger partial charge is 0.209 e. The minimum Gasteiger partial charge on any atom is -0.328 e. The third kappa shape index (κ3) is 3.79. The average molecular weight is 334 g/mol. The molecule has 0 radical (unpaired) electrons. The number of hydrogen-bond donors (Lipinski definition) is 2. The van der Waals surface area contributed by atoms with Gasteiger partial charge in [0, 0.05) is 5.92 Å². The highest BCUT2D eigenvalue weighted by Crippen LogP contribution is 2.17.